The third kappa shape index (κ3) is 4.59. The minimum Gasteiger partial charge on any atom is -0.411 e. The van der Waals surface area contributed by atoms with E-state index < -0.39 is 0 Å². The normalized spacial score (nSPS) is 21.6. The van der Waals surface area contributed by atoms with Gasteiger partial charge in [0.1, 0.15) is 0 Å². The van der Waals surface area contributed by atoms with E-state index in [4.69, 9.17) is 4.42 Å². The molecule has 1 aromatic heterocycles. The van der Waals surface area contributed by atoms with Crippen molar-refractivity contribution in [1.82, 2.24) is 15.1 Å². The molecular formula is C22H31N3O2S. The molecule has 0 N–H and O–H groups in total. The fraction of sp³-hybridized carbons (Fsp3) is 0.591. The summed E-state index contributed by atoms with van der Waals surface area (Å²) in [6.45, 7) is 12.8. The topological polar surface area (TPSA) is 59.2 Å². The molecule has 1 fully saturated rings. The van der Waals surface area contributed by atoms with Crippen molar-refractivity contribution in [2.75, 3.05) is 0 Å². The zero-order valence-electron chi connectivity index (χ0n) is 17.7. The molecule has 0 aliphatic carbocycles. The first-order chi connectivity index (χ1) is 13.2. The van der Waals surface area contributed by atoms with Gasteiger partial charge in [0.05, 0.1) is 5.25 Å². The van der Waals surface area contributed by atoms with E-state index in [1.807, 2.05) is 24.0 Å². The predicted octanol–water partition coefficient (Wildman–Crippen LogP) is 5.30. The first-order valence-corrected chi connectivity index (χ1v) is 11.0. The third-order valence-electron chi connectivity index (χ3n) is 5.48. The molecule has 6 heteroatoms. The van der Waals surface area contributed by atoms with Crippen LogP contribution in [-0.4, -0.2) is 38.3 Å². The van der Waals surface area contributed by atoms with Crippen LogP contribution in [0.25, 0.3) is 11.5 Å². The summed E-state index contributed by atoms with van der Waals surface area (Å²) in [6, 6.07) is 8.79. The molecule has 5 nitrogen and oxygen atoms in total. The summed E-state index contributed by atoms with van der Waals surface area (Å²) in [7, 11) is 0. The second kappa shape index (κ2) is 8.27. The van der Waals surface area contributed by atoms with Gasteiger partial charge < -0.3 is 9.32 Å². The van der Waals surface area contributed by atoms with Gasteiger partial charge in [0.15, 0.2) is 0 Å². The maximum absolute atomic E-state index is 12.9. The lowest BCUT2D eigenvalue weighted by Crippen LogP contribution is -2.50. The minimum absolute atomic E-state index is 0.104. The van der Waals surface area contributed by atoms with E-state index in [0.717, 1.165) is 18.4 Å². The summed E-state index contributed by atoms with van der Waals surface area (Å²) >= 11 is 1.34. The molecule has 3 rings (SSSR count). The molecule has 1 aliphatic heterocycles. The van der Waals surface area contributed by atoms with Crippen LogP contribution in [0.3, 0.4) is 0 Å². The number of amides is 1. The molecule has 0 saturated carbocycles. The van der Waals surface area contributed by atoms with Gasteiger partial charge in [-0.1, -0.05) is 44.7 Å². The zero-order valence-corrected chi connectivity index (χ0v) is 18.5. The Kier molecular flexibility index (Phi) is 6.18. The van der Waals surface area contributed by atoms with Crippen molar-refractivity contribution >= 4 is 17.7 Å². The second-order valence-electron chi connectivity index (χ2n) is 8.84. The van der Waals surface area contributed by atoms with Crippen LogP contribution in [0.2, 0.25) is 0 Å². The Hall–Kier alpha value is -1.82. The number of piperidine rings is 1. The molecule has 1 aromatic carbocycles. The summed E-state index contributed by atoms with van der Waals surface area (Å²) in [4.78, 5) is 15.0. The number of likely N-dealkylation sites (tertiary alicyclic amines) is 1. The van der Waals surface area contributed by atoms with E-state index in [1.165, 1.54) is 23.7 Å². The van der Waals surface area contributed by atoms with Crippen molar-refractivity contribution in [3.05, 3.63) is 29.8 Å². The van der Waals surface area contributed by atoms with Crippen LogP contribution in [0.15, 0.2) is 33.9 Å². The van der Waals surface area contributed by atoms with Crippen molar-refractivity contribution < 1.29 is 9.21 Å². The fourth-order valence-electron chi connectivity index (χ4n) is 3.75. The van der Waals surface area contributed by atoms with Gasteiger partial charge in [-0.2, -0.15) is 0 Å². The fourth-order valence-corrected chi connectivity index (χ4v) is 4.49. The highest BCUT2D eigenvalue weighted by Gasteiger charge is 2.32. The average Bonchev–Trinajstić information content (AvgIpc) is 3.09. The maximum Gasteiger partial charge on any atom is 0.277 e. The molecule has 0 unspecified atom stereocenters. The van der Waals surface area contributed by atoms with Crippen LogP contribution < -0.4 is 0 Å². The number of thioether (sulfide) groups is 1. The molecule has 28 heavy (non-hydrogen) atoms. The molecular weight excluding hydrogens is 370 g/mol. The molecule has 2 aromatic rings. The molecule has 0 radical (unpaired) electrons. The molecule has 1 aliphatic rings. The summed E-state index contributed by atoms with van der Waals surface area (Å²) in [5.74, 6) is 0.640. The van der Waals surface area contributed by atoms with E-state index in [2.05, 4.69) is 56.9 Å². The third-order valence-corrected chi connectivity index (χ3v) is 6.40. The Morgan fingerprint density at radius 3 is 2.32 bits per heavy atom. The van der Waals surface area contributed by atoms with Gasteiger partial charge >= 0.3 is 0 Å². The Morgan fingerprint density at radius 1 is 1.14 bits per heavy atom. The number of aromatic nitrogens is 2. The Morgan fingerprint density at radius 2 is 1.75 bits per heavy atom. The summed E-state index contributed by atoms with van der Waals surface area (Å²) in [6.07, 6.45) is 3.33. The van der Waals surface area contributed by atoms with Gasteiger partial charge in [0.2, 0.25) is 11.8 Å². The first-order valence-electron chi connectivity index (χ1n) is 10.1. The molecule has 0 spiro atoms. The number of carbonyl (C=O) groups excluding carboxylic acids is 1. The molecule has 1 saturated heterocycles. The lowest BCUT2D eigenvalue weighted by atomic mass is 9.87. The molecule has 1 amide bonds. The molecule has 2 heterocycles. The Bertz CT molecular complexity index is 800. The lowest BCUT2D eigenvalue weighted by molar-refractivity contribution is -0.136. The standard InChI is InChI=1S/C22H31N3O2S/c1-14-8-7-9-15(2)25(14)20(26)16(3)28-21-24-23-19(27-21)17-10-12-18(13-11-17)22(4,5)6/h10-16H,7-9H2,1-6H3/t14-,15-,16+/m0/s1. The first kappa shape index (κ1) is 20.9. The van der Waals surface area contributed by atoms with Gasteiger partial charge in [0.25, 0.3) is 5.22 Å². The number of rotatable bonds is 4. The van der Waals surface area contributed by atoms with Crippen LogP contribution in [0.1, 0.15) is 66.4 Å². The highest BCUT2D eigenvalue weighted by Crippen LogP contribution is 2.31. The average molecular weight is 402 g/mol. The Labute approximate surface area is 172 Å². The van der Waals surface area contributed by atoms with Crippen LogP contribution in [-0.2, 0) is 10.2 Å². The van der Waals surface area contributed by atoms with Crippen molar-refractivity contribution in [2.45, 2.75) is 88.8 Å². The van der Waals surface area contributed by atoms with Crippen LogP contribution in [0.4, 0.5) is 0 Å². The van der Waals surface area contributed by atoms with Crippen molar-refractivity contribution in [3.63, 3.8) is 0 Å². The quantitative estimate of drug-likeness (QED) is 0.650. The zero-order chi connectivity index (χ0) is 20.5. The highest BCUT2D eigenvalue weighted by atomic mass is 32.2. The maximum atomic E-state index is 12.9. The van der Waals surface area contributed by atoms with Gasteiger partial charge in [-0.25, -0.2) is 0 Å². The van der Waals surface area contributed by atoms with Crippen LogP contribution in [0.5, 0.6) is 0 Å². The smallest absolute Gasteiger partial charge is 0.277 e. The monoisotopic (exact) mass is 401 g/mol. The SMILES string of the molecule is C[C@@H](Sc1nnc(-c2ccc(C(C)(C)C)cc2)o1)C(=O)N1[C@@H](C)CCC[C@@H]1C. The number of nitrogens with zero attached hydrogens (tertiary/aromatic N) is 3. The molecule has 3 atom stereocenters. The second-order valence-corrected chi connectivity index (χ2v) is 10.1. The lowest BCUT2D eigenvalue weighted by Gasteiger charge is -2.40. The largest absolute Gasteiger partial charge is 0.411 e. The highest BCUT2D eigenvalue weighted by molar-refractivity contribution is 8.00. The van der Waals surface area contributed by atoms with Crippen LogP contribution >= 0.6 is 11.8 Å². The van der Waals surface area contributed by atoms with Gasteiger partial charge in [-0.3, -0.25) is 4.79 Å². The number of hydrogen-bond donors (Lipinski definition) is 0. The number of hydrogen-bond acceptors (Lipinski definition) is 5. The van der Waals surface area contributed by atoms with Gasteiger partial charge in [-0.05, 0) is 63.1 Å². The van der Waals surface area contributed by atoms with Crippen LogP contribution in [0, 0.1) is 0 Å². The number of carbonyl (C=O) groups is 1. The van der Waals surface area contributed by atoms with E-state index >= 15 is 0 Å². The van der Waals surface area contributed by atoms with Crippen molar-refractivity contribution in [3.8, 4) is 11.5 Å². The summed E-state index contributed by atoms with van der Waals surface area (Å²) in [5, 5.41) is 8.50. The predicted molar refractivity (Wildman–Crippen MR) is 113 cm³/mol. The minimum atomic E-state index is -0.250. The van der Waals surface area contributed by atoms with E-state index in [9.17, 15) is 4.79 Å². The van der Waals surface area contributed by atoms with Gasteiger partial charge in [-0.15, -0.1) is 10.2 Å². The van der Waals surface area contributed by atoms with E-state index in [0.29, 0.717) is 23.2 Å². The summed E-state index contributed by atoms with van der Waals surface area (Å²) < 4.78 is 5.83. The Balaban J connectivity index is 1.68. The summed E-state index contributed by atoms with van der Waals surface area (Å²) in [5.41, 5.74) is 2.26. The molecule has 0 bridgehead atoms. The van der Waals surface area contributed by atoms with Crippen molar-refractivity contribution in [1.29, 1.82) is 0 Å². The van der Waals surface area contributed by atoms with Gasteiger partial charge in [0, 0.05) is 17.6 Å². The van der Waals surface area contributed by atoms with Crippen molar-refractivity contribution in [2.24, 2.45) is 0 Å². The van der Waals surface area contributed by atoms with E-state index in [1.54, 1.807) is 0 Å². The number of benzene rings is 1. The molecule has 152 valence electrons. The van der Waals surface area contributed by atoms with E-state index in [-0.39, 0.29) is 16.6 Å².